The van der Waals surface area contributed by atoms with Crippen LogP contribution in [0.25, 0.3) is 0 Å². The summed E-state index contributed by atoms with van der Waals surface area (Å²) in [5.74, 6) is -0.287. The van der Waals surface area contributed by atoms with Crippen molar-refractivity contribution in [2.45, 2.75) is 26.3 Å². The Morgan fingerprint density at radius 2 is 1.79 bits per heavy atom. The van der Waals surface area contributed by atoms with Gasteiger partial charge >= 0.3 is 0 Å². The molecule has 1 aromatic heterocycles. The van der Waals surface area contributed by atoms with E-state index in [0.29, 0.717) is 23.0 Å². The molecule has 1 unspecified atom stereocenters. The number of pyridine rings is 1. The quantitative estimate of drug-likeness (QED) is 0.680. The standard InChI is InChI=1S/C23H21N3O2/c1-15-13-18-5-3-4-6-22(18)26(15)20-11-12-21(24-14-20)23(28)25-19-9-7-17(8-10-19)16(2)27/h3-12,14-15H,13H2,1-2H3,(H,25,28). The normalized spacial score (nSPS) is 15.2. The molecule has 4 rings (SSSR count). The minimum absolute atomic E-state index is 0.00662. The number of carbonyl (C=O) groups excluding carboxylic acids is 2. The number of nitrogens with zero attached hydrogens (tertiary/aromatic N) is 2. The summed E-state index contributed by atoms with van der Waals surface area (Å²) < 4.78 is 0. The predicted octanol–water partition coefficient (Wildman–Crippen LogP) is 4.62. The summed E-state index contributed by atoms with van der Waals surface area (Å²) in [5, 5.41) is 2.81. The molecule has 5 nitrogen and oxygen atoms in total. The van der Waals surface area contributed by atoms with E-state index in [1.165, 1.54) is 18.2 Å². The average Bonchev–Trinajstić information content (AvgIpc) is 3.04. The fourth-order valence-electron chi connectivity index (χ4n) is 3.61. The van der Waals surface area contributed by atoms with E-state index in [9.17, 15) is 9.59 Å². The molecule has 3 aromatic rings. The predicted molar refractivity (Wildman–Crippen MR) is 110 cm³/mol. The van der Waals surface area contributed by atoms with Gasteiger partial charge in [-0.25, -0.2) is 4.98 Å². The van der Waals surface area contributed by atoms with E-state index < -0.39 is 0 Å². The van der Waals surface area contributed by atoms with Crippen molar-refractivity contribution in [2.75, 3.05) is 10.2 Å². The molecule has 0 bridgehead atoms. The maximum absolute atomic E-state index is 12.5. The van der Waals surface area contributed by atoms with Gasteiger partial charge in [0, 0.05) is 23.0 Å². The number of nitrogens with one attached hydrogen (secondary N) is 1. The van der Waals surface area contributed by atoms with Gasteiger partial charge in [0.15, 0.2) is 5.78 Å². The highest BCUT2D eigenvalue weighted by Gasteiger charge is 2.27. The second-order valence-electron chi connectivity index (χ2n) is 7.04. The monoisotopic (exact) mass is 371 g/mol. The summed E-state index contributed by atoms with van der Waals surface area (Å²) in [6.07, 6.45) is 2.74. The first-order valence-corrected chi connectivity index (χ1v) is 9.28. The molecule has 0 spiro atoms. The highest BCUT2D eigenvalue weighted by molar-refractivity contribution is 6.03. The van der Waals surface area contributed by atoms with Crippen LogP contribution in [-0.4, -0.2) is 22.7 Å². The van der Waals surface area contributed by atoms with Crippen molar-refractivity contribution in [3.05, 3.63) is 83.7 Å². The zero-order valence-corrected chi connectivity index (χ0v) is 15.8. The first-order valence-electron chi connectivity index (χ1n) is 9.28. The average molecular weight is 371 g/mol. The van der Waals surface area contributed by atoms with Crippen molar-refractivity contribution in [3.8, 4) is 0 Å². The zero-order chi connectivity index (χ0) is 19.7. The van der Waals surface area contributed by atoms with E-state index in [1.807, 2.05) is 12.1 Å². The van der Waals surface area contributed by atoms with Crippen LogP contribution in [0.5, 0.6) is 0 Å². The molecule has 0 aliphatic carbocycles. The molecule has 2 heterocycles. The second-order valence-corrected chi connectivity index (χ2v) is 7.04. The number of carbonyl (C=O) groups is 2. The first kappa shape index (κ1) is 17.9. The lowest BCUT2D eigenvalue weighted by Crippen LogP contribution is -2.24. The van der Waals surface area contributed by atoms with Crippen LogP contribution in [0.1, 0.15) is 40.3 Å². The Labute approximate surface area is 164 Å². The zero-order valence-electron chi connectivity index (χ0n) is 15.8. The van der Waals surface area contributed by atoms with Gasteiger partial charge in [-0.2, -0.15) is 0 Å². The Hall–Kier alpha value is -3.47. The summed E-state index contributed by atoms with van der Waals surface area (Å²) in [5.41, 5.74) is 5.08. The third kappa shape index (κ3) is 3.39. The van der Waals surface area contributed by atoms with Crippen molar-refractivity contribution >= 4 is 28.8 Å². The van der Waals surface area contributed by atoms with Crippen molar-refractivity contribution < 1.29 is 9.59 Å². The molecule has 1 N–H and O–H groups in total. The van der Waals surface area contributed by atoms with Gasteiger partial charge in [0.05, 0.1) is 11.9 Å². The SMILES string of the molecule is CC(=O)c1ccc(NC(=O)c2ccc(N3c4ccccc4CC3C)cn2)cc1. The van der Waals surface area contributed by atoms with Gasteiger partial charge in [-0.15, -0.1) is 0 Å². The number of fused-ring (bicyclic) bond motifs is 1. The third-order valence-corrected chi connectivity index (χ3v) is 5.02. The van der Waals surface area contributed by atoms with Gasteiger partial charge in [-0.1, -0.05) is 18.2 Å². The molecule has 140 valence electrons. The molecule has 0 saturated heterocycles. The van der Waals surface area contributed by atoms with Gasteiger partial charge < -0.3 is 10.2 Å². The number of rotatable bonds is 4. The van der Waals surface area contributed by atoms with Crippen LogP contribution in [-0.2, 0) is 6.42 Å². The van der Waals surface area contributed by atoms with Crippen LogP contribution in [0.3, 0.4) is 0 Å². The molecule has 1 aliphatic heterocycles. The van der Waals surface area contributed by atoms with Gasteiger partial charge in [0.25, 0.3) is 5.91 Å². The number of aromatic nitrogens is 1. The number of benzene rings is 2. The van der Waals surface area contributed by atoms with E-state index in [-0.39, 0.29) is 11.7 Å². The van der Waals surface area contributed by atoms with Crippen LogP contribution >= 0.6 is 0 Å². The highest BCUT2D eigenvalue weighted by Crippen LogP contribution is 2.37. The minimum Gasteiger partial charge on any atom is -0.337 e. The second kappa shape index (κ2) is 7.27. The topological polar surface area (TPSA) is 62.3 Å². The molecule has 0 saturated carbocycles. The largest absolute Gasteiger partial charge is 0.337 e. The lowest BCUT2D eigenvalue weighted by Gasteiger charge is -2.24. The number of anilines is 3. The molecule has 28 heavy (non-hydrogen) atoms. The number of ketones is 1. The summed E-state index contributed by atoms with van der Waals surface area (Å²) in [6, 6.07) is 19.2. The molecule has 5 heteroatoms. The minimum atomic E-state index is -0.281. The first-order chi connectivity index (χ1) is 13.5. The fraction of sp³-hybridized carbons (Fsp3) is 0.174. The van der Waals surface area contributed by atoms with Crippen molar-refractivity contribution in [1.29, 1.82) is 0 Å². The number of para-hydroxylation sites is 1. The molecule has 1 amide bonds. The Balaban J connectivity index is 1.50. The van der Waals surface area contributed by atoms with Crippen LogP contribution in [0.2, 0.25) is 0 Å². The maximum Gasteiger partial charge on any atom is 0.274 e. The summed E-state index contributed by atoms with van der Waals surface area (Å²) in [7, 11) is 0. The smallest absolute Gasteiger partial charge is 0.274 e. The van der Waals surface area contributed by atoms with E-state index in [0.717, 1.165) is 12.1 Å². The molecule has 1 atom stereocenters. The molecule has 0 radical (unpaired) electrons. The highest BCUT2D eigenvalue weighted by atomic mass is 16.2. The molecular formula is C23H21N3O2. The van der Waals surface area contributed by atoms with Crippen molar-refractivity contribution in [1.82, 2.24) is 4.98 Å². The molecule has 1 aliphatic rings. The van der Waals surface area contributed by atoms with Crippen LogP contribution < -0.4 is 10.2 Å². The lowest BCUT2D eigenvalue weighted by atomic mass is 10.1. The molecule has 0 fully saturated rings. The van der Waals surface area contributed by atoms with Crippen LogP contribution in [0, 0.1) is 0 Å². The summed E-state index contributed by atoms with van der Waals surface area (Å²) in [6.45, 7) is 3.70. The van der Waals surface area contributed by atoms with E-state index in [1.54, 1.807) is 36.5 Å². The lowest BCUT2D eigenvalue weighted by molar-refractivity contribution is 0.101. The van der Waals surface area contributed by atoms with Gasteiger partial charge in [0.1, 0.15) is 5.69 Å². The van der Waals surface area contributed by atoms with E-state index in [2.05, 4.69) is 40.3 Å². The fourth-order valence-corrected chi connectivity index (χ4v) is 3.61. The number of hydrogen-bond donors (Lipinski definition) is 1. The third-order valence-electron chi connectivity index (χ3n) is 5.02. The Morgan fingerprint density at radius 1 is 1.04 bits per heavy atom. The van der Waals surface area contributed by atoms with Crippen LogP contribution in [0.4, 0.5) is 17.1 Å². The molecular weight excluding hydrogens is 350 g/mol. The summed E-state index contributed by atoms with van der Waals surface area (Å²) >= 11 is 0. The number of hydrogen-bond acceptors (Lipinski definition) is 4. The van der Waals surface area contributed by atoms with E-state index in [4.69, 9.17) is 0 Å². The number of amides is 1. The van der Waals surface area contributed by atoms with Gasteiger partial charge in [0.2, 0.25) is 0 Å². The molecule has 2 aromatic carbocycles. The Kier molecular flexibility index (Phi) is 4.65. The maximum atomic E-state index is 12.5. The van der Waals surface area contributed by atoms with Gasteiger partial charge in [-0.05, 0) is 68.3 Å². The van der Waals surface area contributed by atoms with Gasteiger partial charge in [-0.3, -0.25) is 9.59 Å². The van der Waals surface area contributed by atoms with Crippen LogP contribution in [0.15, 0.2) is 66.9 Å². The van der Waals surface area contributed by atoms with Crippen molar-refractivity contribution in [3.63, 3.8) is 0 Å². The van der Waals surface area contributed by atoms with Crippen molar-refractivity contribution in [2.24, 2.45) is 0 Å². The summed E-state index contributed by atoms with van der Waals surface area (Å²) in [4.78, 5) is 30.4. The Bertz CT molecular complexity index is 1030. The Morgan fingerprint density at radius 3 is 2.46 bits per heavy atom. The van der Waals surface area contributed by atoms with E-state index >= 15 is 0 Å². The number of Topliss-reactive ketones (excluding diaryl/α,β-unsaturated/α-hetero) is 1.